The molecule has 2 aliphatic heterocycles. The highest BCUT2D eigenvalue weighted by Gasteiger charge is 2.42. The Bertz CT molecular complexity index is 810. The molecule has 3 amide bonds. The monoisotopic (exact) mass is 386 g/mol. The van der Waals surface area contributed by atoms with Crippen LogP contribution < -0.4 is 5.32 Å². The fraction of sp³-hybridized carbons (Fsp3) is 0.579. The van der Waals surface area contributed by atoms with Gasteiger partial charge in [0.2, 0.25) is 11.8 Å². The van der Waals surface area contributed by atoms with Gasteiger partial charge in [0, 0.05) is 31.1 Å². The molecule has 0 spiro atoms. The summed E-state index contributed by atoms with van der Waals surface area (Å²) in [5.74, 6) is -0.0344. The van der Waals surface area contributed by atoms with E-state index in [2.05, 4.69) is 11.4 Å². The first-order valence-electron chi connectivity index (χ1n) is 9.42. The van der Waals surface area contributed by atoms with Gasteiger partial charge in [0.05, 0.1) is 11.6 Å². The summed E-state index contributed by atoms with van der Waals surface area (Å²) in [6.07, 6.45) is 3.69. The number of fused-ring (bicyclic) bond motifs is 1. The predicted molar refractivity (Wildman–Crippen MR) is 98.9 cm³/mol. The van der Waals surface area contributed by atoms with Gasteiger partial charge in [0.1, 0.15) is 17.4 Å². The molecule has 0 bridgehead atoms. The molecule has 3 heterocycles. The molecule has 142 valence electrons. The molecule has 2 atom stereocenters. The number of nitrogens with zero attached hydrogens (tertiary/aromatic N) is 3. The molecule has 4 rings (SSSR count). The van der Waals surface area contributed by atoms with Crippen LogP contribution in [0.15, 0.2) is 11.4 Å². The summed E-state index contributed by atoms with van der Waals surface area (Å²) >= 11 is 1.27. The average molecular weight is 386 g/mol. The number of nitriles is 1. The van der Waals surface area contributed by atoms with Crippen molar-refractivity contribution in [3.05, 3.63) is 21.9 Å². The second-order valence-corrected chi connectivity index (χ2v) is 8.48. The van der Waals surface area contributed by atoms with Crippen LogP contribution >= 0.6 is 11.3 Å². The van der Waals surface area contributed by atoms with E-state index >= 15 is 0 Å². The van der Waals surface area contributed by atoms with Gasteiger partial charge in [-0.25, -0.2) is 0 Å². The Morgan fingerprint density at radius 2 is 2.00 bits per heavy atom. The van der Waals surface area contributed by atoms with E-state index in [0.717, 1.165) is 25.7 Å². The maximum absolute atomic E-state index is 12.9. The first kappa shape index (κ1) is 18.0. The highest BCUT2D eigenvalue weighted by molar-refractivity contribution is 7.10. The van der Waals surface area contributed by atoms with E-state index in [4.69, 9.17) is 5.26 Å². The minimum absolute atomic E-state index is 0.00729. The Hall–Kier alpha value is -2.40. The Morgan fingerprint density at radius 1 is 1.22 bits per heavy atom. The van der Waals surface area contributed by atoms with Crippen LogP contribution in [0.3, 0.4) is 0 Å². The third-order valence-electron chi connectivity index (χ3n) is 5.69. The predicted octanol–water partition coefficient (Wildman–Crippen LogP) is 1.35. The minimum Gasteiger partial charge on any atom is -0.353 e. The maximum Gasteiger partial charge on any atom is 0.255 e. The van der Waals surface area contributed by atoms with Gasteiger partial charge in [-0.1, -0.05) is 0 Å². The number of thiophene rings is 1. The van der Waals surface area contributed by atoms with Crippen molar-refractivity contribution in [2.45, 2.75) is 44.2 Å². The first-order chi connectivity index (χ1) is 13.0. The van der Waals surface area contributed by atoms with Gasteiger partial charge >= 0.3 is 0 Å². The number of nitrogens with one attached hydrogen (secondary N) is 1. The van der Waals surface area contributed by atoms with Gasteiger partial charge in [0.25, 0.3) is 5.91 Å². The summed E-state index contributed by atoms with van der Waals surface area (Å²) in [4.78, 5) is 41.4. The number of rotatable bonds is 4. The molecule has 1 aromatic heterocycles. The topological polar surface area (TPSA) is 93.5 Å². The van der Waals surface area contributed by atoms with Gasteiger partial charge < -0.3 is 15.1 Å². The van der Waals surface area contributed by atoms with Gasteiger partial charge in [0.15, 0.2) is 0 Å². The highest BCUT2D eigenvalue weighted by Crippen LogP contribution is 2.33. The van der Waals surface area contributed by atoms with Crippen LogP contribution in [0.1, 0.15) is 47.3 Å². The third kappa shape index (κ3) is 3.83. The first-order valence-corrected chi connectivity index (χ1v) is 10.3. The molecule has 3 fully saturated rings. The van der Waals surface area contributed by atoms with Crippen molar-refractivity contribution in [2.24, 2.45) is 5.92 Å². The fourth-order valence-corrected chi connectivity index (χ4v) is 4.72. The molecule has 8 heteroatoms. The molecule has 1 N–H and O–H groups in total. The zero-order valence-electron chi connectivity index (χ0n) is 15.0. The Morgan fingerprint density at radius 3 is 2.70 bits per heavy atom. The molecule has 0 aromatic carbocycles. The Labute approximate surface area is 161 Å². The van der Waals surface area contributed by atoms with Gasteiger partial charge in [-0.2, -0.15) is 5.26 Å². The van der Waals surface area contributed by atoms with E-state index in [1.54, 1.807) is 16.3 Å². The smallest absolute Gasteiger partial charge is 0.255 e. The quantitative estimate of drug-likeness (QED) is 0.791. The average Bonchev–Trinajstić information content (AvgIpc) is 3.20. The summed E-state index contributed by atoms with van der Waals surface area (Å²) in [7, 11) is 0. The van der Waals surface area contributed by atoms with Crippen molar-refractivity contribution in [1.82, 2.24) is 15.1 Å². The number of likely N-dealkylation sites (tertiary alicyclic amines) is 2. The van der Waals surface area contributed by atoms with Crippen molar-refractivity contribution in [1.29, 1.82) is 5.26 Å². The minimum atomic E-state index is -0.203. The lowest BCUT2D eigenvalue weighted by atomic mass is 9.92. The van der Waals surface area contributed by atoms with Crippen LogP contribution in [-0.4, -0.2) is 59.2 Å². The van der Waals surface area contributed by atoms with Gasteiger partial charge in [-0.15, -0.1) is 11.3 Å². The van der Waals surface area contributed by atoms with E-state index in [1.165, 1.54) is 11.3 Å². The Kier molecular flexibility index (Phi) is 4.87. The van der Waals surface area contributed by atoms with E-state index in [-0.39, 0.29) is 36.2 Å². The summed E-state index contributed by atoms with van der Waals surface area (Å²) in [5.41, 5.74) is 0.546. The van der Waals surface area contributed by atoms with Crippen LogP contribution in [0, 0.1) is 17.2 Å². The van der Waals surface area contributed by atoms with E-state index in [0.29, 0.717) is 36.0 Å². The van der Waals surface area contributed by atoms with E-state index < -0.39 is 0 Å². The van der Waals surface area contributed by atoms with Crippen LogP contribution in [0.2, 0.25) is 0 Å². The number of carbonyl (C=O) groups is 3. The molecule has 7 nitrogen and oxygen atoms in total. The molecule has 0 radical (unpaired) electrons. The standard InChI is InChI=1S/C19H22N4O3S/c20-9-15-7-13(11-27-15)19(26)23-6-4-12-3-5-22(10-16(12)23)18(25)8-17(24)21-14-1-2-14/h7,11-12,14,16H,1-6,8,10H2,(H,21,24)/t12-,16-/m1/s1. The molecule has 3 aliphatic rings. The Balaban J connectivity index is 1.39. The molecule has 2 saturated heterocycles. The number of hydrogen-bond donors (Lipinski definition) is 1. The van der Waals surface area contributed by atoms with Crippen LogP contribution in [-0.2, 0) is 9.59 Å². The zero-order valence-corrected chi connectivity index (χ0v) is 15.8. The van der Waals surface area contributed by atoms with Crippen molar-refractivity contribution in [3.8, 4) is 6.07 Å². The van der Waals surface area contributed by atoms with Gasteiger partial charge in [-0.3, -0.25) is 14.4 Å². The van der Waals surface area contributed by atoms with Crippen LogP contribution in [0.25, 0.3) is 0 Å². The molecular formula is C19H22N4O3S. The third-order valence-corrected chi connectivity index (χ3v) is 6.52. The fourth-order valence-electron chi connectivity index (χ4n) is 4.05. The number of amides is 3. The van der Waals surface area contributed by atoms with Crippen molar-refractivity contribution in [3.63, 3.8) is 0 Å². The van der Waals surface area contributed by atoms with Gasteiger partial charge in [-0.05, 0) is 37.7 Å². The summed E-state index contributed by atoms with van der Waals surface area (Å²) in [6.45, 7) is 1.81. The van der Waals surface area contributed by atoms with Crippen LogP contribution in [0.4, 0.5) is 0 Å². The molecule has 0 unspecified atom stereocenters. The van der Waals surface area contributed by atoms with Crippen LogP contribution in [0.5, 0.6) is 0 Å². The second-order valence-electron chi connectivity index (χ2n) is 7.57. The lowest BCUT2D eigenvalue weighted by Crippen LogP contribution is -2.52. The number of carbonyl (C=O) groups excluding carboxylic acids is 3. The highest BCUT2D eigenvalue weighted by atomic mass is 32.1. The molecule has 1 aliphatic carbocycles. The molecule has 1 saturated carbocycles. The second kappa shape index (κ2) is 7.31. The van der Waals surface area contributed by atoms with Crippen molar-refractivity contribution >= 4 is 29.1 Å². The SMILES string of the molecule is N#Cc1cc(C(=O)N2CC[C@H]3CCN(C(=O)CC(=O)NC4CC4)C[C@H]32)cs1. The molecule has 27 heavy (non-hydrogen) atoms. The lowest BCUT2D eigenvalue weighted by Gasteiger charge is -2.38. The summed E-state index contributed by atoms with van der Waals surface area (Å²) in [6, 6.07) is 3.94. The molecule has 1 aromatic rings. The van der Waals surface area contributed by atoms with E-state index in [9.17, 15) is 14.4 Å². The maximum atomic E-state index is 12.9. The zero-order chi connectivity index (χ0) is 19.0. The van der Waals surface area contributed by atoms with Crippen molar-refractivity contribution < 1.29 is 14.4 Å². The molecular weight excluding hydrogens is 364 g/mol. The van der Waals surface area contributed by atoms with E-state index in [1.807, 2.05) is 4.90 Å². The number of hydrogen-bond acceptors (Lipinski definition) is 5. The summed E-state index contributed by atoms with van der Waals surface area (Å²) in [5, 5.41) is 13.5. The lowest BCUT2D eigenvalue weighted by molar-refractivity contribution is -0.137. The summed E-state index contributed by atoms with van der Waals surface area (Å²) < 4.78 is 0. The van der Waals surface area contributed by atoms with Crippen molar-refractivity contribution in [2.75, 3.05) is 19.6 Å². The largest absolute Gasteiger partial charge is 0.353 e. The number of piperidine rings is 1. The normalized spacial score (nSPS) is 24.3.